The van der Waals surface area contributed by atoms with Crippen LogP contribution in [0.4, 0.5) is 13.2 Å². The van der Waals surface area contributed by atoms with Gasteiger partial charge in [-0.2, -0.15) is 13.2 Å². The number of nitrogens with one attached hydrogen (secondary N) is 1. The average molecular weight is 340 g/mol. The summed E-state index contributed by atoms with van der Waals surface area (Å²) in [5, 5.41) is 2.91. The monoisotopic (exact) mass is 340 g/mol. The number of rotatable bonds is 4. The van der Waals surface area contributed by atoms with E-state index in [1.165, 1.54) is 12.1 Å². The second-order valence-corrected chi connectivity index (χ2v) is 7.26. The zero-order valence-electron chi connectivity index (χ0n) is 13.6. The number of carbonyl (C=O) groups excluding carboxylic acids is 1. The SMILES string of the molecule is NC1(C(=O)NCC2(c3cccc(C(F)(F)F)c3)CC2)CCCCC1. The van der Waals surface area contributed by atoms with Crippen molar-refractivity contribution in [2.45, 2.75) is 62.1 Å². The lowest BCUT2D eigenvalue weighted by Gasteiger charge is -2.32. The van der Waals surface area contributed by atoms with Crippen molar-refractivity contribution < 1.29 is 18.0 Å². The molecule has 0 unspecified atom stereocenters. The molecule has 132 valence electrons. The summed E-state index contributed by atoms with van der Waals surface area (Å²) in [7, 11) is 0. The molecule has 0 radical (unpaired) electrons. The fourth-order valence-corrected chi connectivity index (χ4v) is 3.58. The van der Waals surface area contributed by atoms with Crippen LogP contribution >= 0.6 is 0 Å². The molecule has 2 saturated carbocycles. The van der Waals surface area contributed by atoms with Crippen LogP contribution in [0.1, 0.15) is 56.1 Å². The van der Waals surface area contributed by atoms with Gasteiger partial charge in [-0.05, 0) is 37.3 Å². The maximum absolute atomic E-state index is 12.9. The minimum atomic E-state index is -4.35. The third-order valence-electron chi connectivity index (χ3n) is 5.44. The Bertz CT molecular complexity index is 617. The number of carbonyl (C=O) groups is 1. The maximum Gasteiger partial charge on any atom is 0.416 e. The quantitative estimate of drug-likeness (QED) is 0.881. The second-order valence-electron chi connectivity index (χ2n) is 7.26. The van der Waals surface area contributed by atoms with Crippen molar-refractivity contribution in [3.8, 4) is 0 Å². The molecule has 0 aliphatic heterocycles. The molecular weight excluding hydrogens is 317 g/mol. The third-order valence-corrected chi connectivity index (χ3v) is 5.44. The van der Waals surface area contributed by atoms with Crippen LogP contribution in [-0.4, -0.2) is 18.0 Å². The summed E-state index contributed by atoms with van der Waals surface area (Å²) < 4.78 is 38.7. The molecule has 0 saturated heterocycles. The van der Waals surface area contributed by atoms with Gasteiger partial charge in [-0.1, -0.05) is 37.5 Å². The van der Waals surface area contributed by atoms with Gasteiger partial charge < -0.3 is 11.1 Å². The Balaban J connectivity index is 1.68. The lowest BCUT2D eigenvalue weighted by molar-refractivity contribution is -0.137. The van der Waals surface area contributed by atoms with Crippen molar-refractivity contribution in [1.29, 1.82) is 0 Å². The number of alkyl halides is 3. The Hall–Kier alpha value is -1.56. The van der Waals surface area contributed by atoms with Crippen LogP contribution in [0.5, 0.6) is 0 Å². The Kier molecular flexibility index (Phi) is 4.36. The van der Waals surface area contributed by atoms with Gasteiger partial charge in [0.15, 0.2) is 0 Å². The van der Waals surface area contributed by atoms with Crippen LogP contribution < -0.4 is 11.1 Å². The highest BCUT2D eigenvalue weighted by Gasteiger charge is 2.46. The first-order valence-corrected chi connectivity index (χ1v) is 8.50. The van der Waals surface area contributed by atoms with E-state index < -0.39 is 17.3 Å². The Morgan fingerprint density at radius 3 is 2.38 bits per heavy atom. The van der Waals surface area contributed by atoms with Gasteiger partial charge >= 0.3 is 6.18 Å². The number of hydrogen-bond acceptors (Lipinski definition) is 2. The minimum absolute atomic E-state index is 0.166. The van der Waals surface area contributed by atoms with Gasteiger partial charge in [-0.3, -0.25) is 4.79 Å². The number of amides is 1. The van der Waals surface area contributed by atoms with E-state index >= 15 is 0 Å². The van der Waals surface area contributed by atoms with E-state index in [-0.39, 0.29) is 11.3 Å². The predicted octanol–water partition coefficient (Wildman–Crippen LogP) is 3.51. The molecule has 2 aliphatic rings. The molecule has 3 nitrogen and oxygen atoms in total. The fraction of sp³-hybridized carbons (Fsp3) is 0.611. The van der Waals surface area contributed by atoms with Gasteiger partial charge in [-0.25, -0.2) is 0 Å². The summed E-state index contributed by atoms with van der Waals surface area (Å²) in [5.41, 5.74) is 5.03. The van der Waals surface area contributed by atoms with Gasteiger partial charge in [-0.15, -0.1) is 0 Å². The van der Waals surface area contributed by atoms with Gasteiger partial charge in [0.05, 0.1) is 11.1 Å². The minimum Gasteiger partial charge on any atom is -0.354 e. The van der Waals surface area contributed by atoms with Crippen molar-refractivity contribution in [2.24, 2.45) is 5.73 Å². The normalized spacial score (nSPS) is 22.0. The molecule has 3 rings (SSSR count). The number of benzene rings is 1. The molecular formula is C18H23F3N2O. The summed E-state index contributed by atoms with van der Waals surface area (Å²) in [6.45, 7) is 0.353. The van der Waals surface area contributed by atoms with Gasteiger partial charge in [0.25, 0.3) is 0 Å². The Labute approximate surface area is 139 Å². The Morgan fingerprint density at radius 1 is 1.12 bits per heavy atom. The van der Waals surface area contributed by atoms with Crippen LogP contribution in [-0.2, 0) is 16.4 Å². The maximum atomic E-state index is 12.9. The standard InChI is InChI=1S/C18H23F3N2O/c19-18(20,21)14-6-4-5-13(11-14)16(9-10-16)12-23-15(24)17(22)7-2-1-3-8-17/h4-6,11H,1-3,7-10,12,22H2,(H,23,24). The molecule has 0 atom stereocenters. The first-order valence-electron chi connectivity index (χ1n) is 8.50. The molecule has 2 aliphatic carbocycles. The van der Waals surface area contributed by atoms with Crippen molar-refractivity contribution in [2.75, 3.05) is 6.54 Å². The molecule has 3 N–H and O–H groups in total. The zero-order valence-corrected chi connectivity index (χ0v) is 13.6. The molecule has 0 bridgehead atoms. The zero-order chi connectivity index (χ0) is 17.4. The molecule has 0 aromatic heterocycles. The lowest BCUT2D eigenvalue weighted by Crippen LogP contribution is -2.56. The van der Waals surface area contributed by atoms with Gasteiger partial charge in [0.2, 0.25) is 5.91 Å². The van der Waals surface area contributed by atoms with Crippen LogP contribution in [0.25, 0.3) is 0 Å². The number of halogens is 3. The fourth-order valence-electron chi connectivity index (χ4n) is 3.58. The van der Waals surface area contributed by atoms with E-state index in [2.05, 4.69) is 5.32 Å². The highest BCUT2D eigenvalue weighted by molar-refractivity contribution is 5.86. The van der Waals surface area contributed by atoms with E-state index in [1.807, 2.05) is 0 Å². The van der Waals surface area contributed by atoms with E-state index in [1.54, 1.807) is 6.07 Å². The molecule has 24 heavy (non-hydrogen) atoms. The molecule has 0 spiro atoms. The van der Waals surface area contributed by atoms with Crippen molar-refractivity contribution in [1.82, 2.24) is 5.32 Å². The van der Waals surface area contributed by atoms with E-state index in [0.717, 1.165) is 38.2 Å². The van der Waals surface area contributed by atoms with Crippen LogP contribution in [0.15, 0.2) is 24.3 Å². The topological polar surface area (TPSA) is 55.1 Å². The van der Waals surface area contributed by atoms with Gasteiger partial charge in [0.1, 0.15) is 0 Å². The van der Waals surface area contributed by atoms with Crippen molar-refractivity contribution >= 4 is 5.91 Å². The van der Waals surface area contributed by atoms with Crippen molar-refractivity contribution in [3.63, 3.8) is 0 Å². The van der Waals surface area contributed by atoms with E-state index in [4.69, 9.17) is 5.73 Å². The molecule has 2 fully saturated rings. The summed E-state index contributed by atoms with van der Waals surface area (Å²) in [4.78, 5) is 12.4. The van der Waals surface area contributed by atoms with Crippen LogP contribution in [0, 0.1) is 0 Å². The lowest BCUT2D eigenvalue weighted by atomic mass is 9.81. The smallest absolute Gasteiger partial charge is 0.354 e. The summed E-state index contributed by atoms with van der Waals surface area (Å²) in [6, 6.07) is 5.44. The Morgan fingerprint density at radius 2 is 1.79 bits per heavy atom. The highest BCUT2D eigenvalue weighted by Crippen LogP contribution is 2.48. The summed E-state index contributed by atoms with van der Waals surface area (Å²) in [6.07, 6.45) is 1.56. The average Bonchev–Trinajstić information content (AvgIpc) is 3.34. The second kappa shape index (κ2) is 6.06. The van der Waals surface area contributed by atoms with E-state index in [0.29, 0.717) is 24.9 Å². The molecule has 1 aromatic rings. The highest BCUT2D eigenvalue weighted by atomic mass is 19.4. The predicted molar refractivity (Wildman–Crippen MR) is 85.4 cm³/mol. The third kappa shape index (κ3) is 3.43. The molecule has 1 amide bonds. The number of hydrogen-bond donors (Lipinski definition) is 2. The largest absolute Gasteiger partial charge is 0.416 e. The van der Waals surface area contributed by atoms with Gasteiger partial charge in [0, 0.05) is 12.0 Å². The molecule has 6 heteroatoms. The van der Waals surface area contributed by atoms with Crippen LogP contribution in [0.3, 0.4) is 0 Å². The first kappa shape index (κ1) is 17.3. The molecule has 1 aromatic carbocycles. The van der Waals surface area contributed by atoms with Crippen molar-refractivity contribution in [3.05, 3.63) is 35.4 Å². The molecule has 0 heterocycles. The summed E-state index contributed by atoms with van der Waals surface area (Å²) >= 11 is 0. The van der Waals surface area contributed by atoms with E-state index in [9.17, 15) is 18.0 Å². The van der Waals surface area contributed by atoms with Crippen LogP contribution in [0.2, 0.25) is 0 Å². The number of nitrogens with two attached hydrogens (primary N) is 1. The summed E-state index contributed by atoms with van der Waals surface area (Å²) in [5.74, 6) is -0.166. The first-order chi connectivity index (χ1) is 11.3.